The van der Waals surface area contributed by atoms with Crippen LogP contribution < -0.4 is 24.3 Å². The van der Waals surface area contributed by atoms with E-state index in [2.05, 4.69) is 15.5 Å². The summed E-state index contributed by atoms with van der Waals surface area (Å²) >= 11 is 1.29. The first-order valence-corrected chi connectivity index (χ1v) is 12.8. The van der Waals surface area contributed by atoms with Gasteiger partial charge in [-0.25, -0.2) is 0 Å². The number of ether oxygens (including phenoxy) is 4. The molecule has 2 heterocycles. The van der Waals surface area contributed by atoms with Crippen LogP contribution in [0.15, 0.2) is 71.9 Å². The largest absolute Gasteiger partial charge is 0.494 e. The molecule has 1 aromatic heterocycles. The van der Waals surface area contributed by atoms with Crippen LogP contribution in [0.25, 0.3) is 5.69 Å². The van der Waals surface area contributed by atoms with Gasteiger partial charge in [0.2, 0.25) is 12.7 Å². The van der Waals surface area contributed by atoms with Crippen molar-refractivity contribution in [1.82, 2.24) is 14.8 Å². The van der Waals surface area contributed by atoms with E-state index in [-0.39, 0.29) is 25.1 Å². The molecular formula is C27H26N4O5S. The Balaban J connectivity index is 1.31. The summed E-state index contributed by atoms with van der Waals surface area (Å²) in [4.78, 5) is 12.7. The molecule has 1 aliphatic rings. The molecule has 10 heteroatoms. The van der Waals surface area contributed by atoms with Crippen LogP contribution >= 0.6 is 11.8 Å². The van der Waals surface area contributed by atoms with Gasteiger partial charge in [-0.15, -0.1) is 10.2 Å². The molecule has 3 aromatic carbocycles. The molecule has 0 radical (unpaired) electrons. The molecule has 0 saturated carbocycles. The van der Waals surface area contributed by atoms with Gasteiger partial charge in [-0.2, -0.15) is 0 Å². The summed E-state index contributed by atoms with van der Waals surface area (Å²) in [5.41, 5.74) is 2.63. The van der Waals surface area contributed by atoms with Crippen molar-refractivity contribution in [3.8, 4) is 28.7 Å². The third kappa shape index (κ3) is 5.97. The van der Waals surface area contributed by atoms with Crippen LogP contribution in [0.3, 0.4) is 0 Å². The Morgan fingerprint density at radius 2 is 1.70 bits per heavy atom. The maximum atomic E-state index is 12.7. The Labute approximate surface area is 218 Å². The maximum absolute atomic E-state index is 12.7. The number of carbonyl (C=O) groups is 1. The second kappa shape index (κ2) is 11.3. The molecule has 4 aromatic rings. The molecular weight excluding hydrogens is 492 g/mol. The molecule has 0 aliphatic carbocycles. The number of hydrogen-bond acceptors (Lipinski definition) is 8. The number of anilines is 1. The van der Waals surface area contributed by atoms with E-state index >= 15 is 0 Å². The van der Waals surface area contributed by atoms with Crippen molar-refractivity contribution in [2.24, 2.45) is 0 Å². The molecule has 0 spiro atoms. The van der Waals surface area contributed by atoms with Crippen molar-refractivity contribution in [2.45, 2.75) is 25.6 Å². The predicted octanol–water partition coefficient (Wildman–Crippen LogP) is 5.01. The fraction of sp³-hybridized carbons (Fsp3) is 0.222. The fourth-order valence-electron chi connectivity index (χ4n) is 3.69. The average Bonchev–Trinajstić information content (AvgIpc) is 3.54. The van der Waals surface area contributed by atoms with E-state index in [0.717, 1.165) is 22.7 Å². The molecule has 9 nitrogen and oxygen atoms in total. The van der Waals surface area contributed by atoms with E-state index in [1.807, 2.05) is 66.9 Å². The summed E-state index contributed by atoms with van der Waals surface area (Å²) in [6.07, 6.45) is 0. The molecule has 37 heavy (non-hydrogen) atoms. The van der Waals surface area contributed by atoms with Gasteiger partial charge in [0, 0.05) is 17.4 Å². The van der Waals surface area contributed by atoms with Crippen molar-refractivity contribution in [3.05, 3.63) is 78.1 Å². The summed E-state index contributed by atoms with van der Waals surface area (Å²) in [7, 11) is 0. The summed E-state index contributed by atoms with van der Waals surface area (Å²) in [6, 6.07) is 20.8. The Morgan fingerprint density at radius 3 is 2.49 bits per heavy atom. The van der Waals surface area contributed by atoms with Crippen LogP contribution in [-0.4, -0.2) is 39.8 Å². The SMILES string of the molecule is CCOc1ccc(-n2c(COc3ccc(C)cc3)nnc2SCC(=O)Nc2ccc3c(c2)OCO3)cc1. The highest BCUT2D eigenvalue weighted by molar-refractivity contribution is 7.99. The molecule has 1 aliphatic heterocycles. The van der Waals surface area contributed by atoms with E-state index in [9.17, 15) is 4.79 Å². The van der Waals surface area contributed by atoms with E-state index in [4.69, 9.17) is 18.9 Å². The lowest BCUT2D eigenvalue weighted by Gasteiger charge is -2.12. The van der Waals surface area contributed by atoms with Crippen LogP contribution in [0.5, 0.6) is 23.0 Å². The Morgan fingerprint density at radius 1 is 0.973 bits per heavy atom. The second-order valence-electron chi connectivity index (χ2n) is 8.17. The number of aromatic nitrogens is 3. The number of thioether (sulfide) groups is 1. The lowest BCUT2D eigenvalue weighted by atomic mass is 10.2. The van der Waals surface area contributed by atoms with Crippen molar-refractivity contribution in [2.75, 3.05) is 24.5 Å². The van der Waals surface area contributed by atoms with E-state index in [0.29, 0.717) is 34.8 Å². The summed E-state index contributed by atoms with van der Waals surface area (Å²) in [5.74, 6) is 3.36. The molecule has 0 fully saturated rings. The molecule has 5 rings (SSSR count). The molecule has 0 unspecified atom stereocenters. The topological polar surface area (TPSA) is 96.7 Å². The highest BCUT2D eigenvalue weighted by atomic mass is 32.2. The average molecular weight is 519 g/mol. The molecule has 0 bridgehead atoms. The van der Waals surface area contributed by atoms with Crippen molar-refractivity contribution in [3.63, 3.8) is 0 Å². The lowest BCUT2D eigenvalue weighted by molar-refractivity contribution is -0.113. The summed E-state index contributed by atoms with van der Waals surface area (Å²) < 4.78 is 24.1. The zero-order valence-corrected chi connectivity index (χ0v) is 21.3. The standard InChI is InChI=1S/C27H26N4O5S/c1-3-33-21-11-7-20(8-12-21)31-25(15-34-22-9-4-18(2)5-10-22)29-30-27(31)37-16-26(32)28-19-6-13-23-24(14-19)36-17-35-23/h4-14H,3,15-17H2,1-2H3,(H,28,32). The van der Waals surface area contributed by atoms with Crippen molar-refractivity contribution < 1.29 is 23.7 Å². The minimum Gasteiger partial charge on any atom is -0.494 e. The normalized spacial score (nSPS) is 11.8. The zero-order chi connectivity index (χ0) is 25.6. The monoisotopic (exact) mass is 518 g/mol. The number of nitrogens with one attached hydrogen (secondary N) is 1. The lowest BCUT2D eigenvalue weighted by Crippen LogP contribution is -2.14. The second-order valence-corrected chi connectivity index (χ2v) is 9.11. The van der Waals surface area contributed by atoms with Crippen molar-refractivity contribution in [1.29, 1.82) is 0 Å². The number of hydrogen-bond donors (Lipinski definition) is 1. The Kier molecular flexibility index (Phi) is 7.46. The quantitative estimate of drug-likeness (QED) is 0.293. The molecule has 190 valence electrons. The third-order valence-electron chi connectivity index (χ3n) is 5.48. The van der Waals surface area contributed by atoms with Gasteiger partial charge in [0.15, 0.2) is 22.5 Å². The number of benzene rings is 3. The number of rotatable bonds is 10. The van der Waals surface area contributed by atoms with Crippen molar-refractivity contribution >= 4 is 23.4 Å². The maximum Gasteiger partial charge on any atom is 0.234 e. The highest BCUT2D eigenvalue weighted by Crippen LogP contribution is 2.34. The smallest absolute Gasteiger partial charge is 0.234 e. The van der Waals surface area contributed by atoms with Gasteiger partial charge in [-0.3, -0.25) is 9.36 Å². The number of fused-ring (bicyclic) bond motifs is 1. The third-order valence-corrected chi connectivity index (χ3v) is 6.41. The first kappa shape index (κ1) is 24.5. The van der Waals surface area contributed by atoms with Crippen LogP contribution in [0.1, 0.15) is 18.3 Å². The first-order valence-electron chi connectivity index (χ1n) is 11.8. The number of carbonyl (C=O) groups excluding carboxylic acids is 1. The van der Waals surface area contributed by atoms with Crippen LogP contribution in [-0.2, 0) is 11.4 Å². The molecule has 0 atom stereocenters. The zero-order valence-electron chi connectivity index (χ0n) is 20.5. The molecule has 0 saturated heterocycles. The fourth-order valence-corrected chi connectivity index (χ4v) is 4.46. The van der Waals surface area contributed by atoms with Gasteiger partial charge in [-0.1, -0.05) is 29.5 Å². The summed E-state index contributed by atoms with van der Waals surface area (Å²) in [6.45, 7) is 4.95. The van der Waals surface area contributed by atoms with E-state index < -0.39 is 0 Å². The van der Waals surface area contributed by atoms with Gasteiger partial charge < -0.3 is 24.3 Å². The Hall–Kier alpha value is -4.18. The first-order chi connectivity index (χ1) is 18.1. The van der Waals surface area contributed by atoms with Gasteiger partial charge in [0.05, 0.1) is 12.4 Å². The predicted molar refractivity (Wildman–Crippen MR) is 140 cm³/mol. The molecule has 1 N–H and O–H groups in total. The minimum absolute atomic E-state index is 0.141. The number of aryl methyl sites for hydroxylation is 1. The van der Waals surface area contributed by atoms with E-state index in [1.54, 1.807) is 18.2 Å². The highest BCUT2D eigenvalue weighted by Gasteiger charge is 2.18. The number of nitrogens with zero attached hydrogens (tertiary/aromatic N) is 3. The van der Waals surface area contributed by atoms with Gasteiger partial charge in [-0.05, 0) is 62.4 Å². The van der Waals surface area contributed by atoms with E-state index in [1.165, 1.54) is 11.8 Å². The molecule has 1 amide bonds. The van der Waals surface area contributed by atoms with Gasteiger partial charge >= 0.3 is 0 Å². The van der Waals surface area contributed by atoms with Crippen LogP contribution in [0.4, 0.5) is 5.69 Å². The summed E-state index contributed by atoms with van der Waals surface area (Å²) in [5, 5.41) is 12.2. The van der Waals surface area contributed by atoms with Crippen LogP contribution in [0.2, 0.25) is 0 Å². The Bertz CT molecular complexity index is 1370. The van der Waals surface area contributed by atoms with Crippen LogP contribution in [0, 0.1) is 6.92 Å². The van der Waals surface area contributed by atoms with Gasteiger partial charge in [0.1, 0.15) is 18.1 Å². The number of amides is 1. The minimum atomic E-state index is -0.178. The van der Waals surface area contributed by atoms with Gasteiger partial charge in [0.25, 0.3) is 0 Å².